The molecule has 0 amide bonds. The molecule has 1 aliphatic rings. The maximum atomic E-state index is 5.70. The Kier molecular flexibility index (Phi) is 2.36. The van der Waals surface area contributed by atoms with Crippen molar-refractivity contribution in [1.82, 2.24) is 0 Å². The van der Waals surface area contributed by atoms with Gasteiger partial charge in [0.1, 0.15) is 0 Å². The van der Waals surface area contributed by atoms with Crippen LogP contribution in [0.4, 0.5) is 0 Å². The van der Waals surface area contributed by atoms with Crippen LogP contribution in [0.25, 0.3) is 0 Å². The second-order valence-electron chi connectivity index (χ2n) is 4.93. The summed E-state index contributed by atoms with van der Waals surface area (Å²) in [7, 11) is 0. The lowest BCUT2D eigenvalue weighted by Crippen LogP contribution is -2.22. The van der Waals surface area contributed by atoms with Gasteiger partial charge < -0.3 is 5.73 Å². The predicted molar refractivity (Wildman–Crippen MR) is 60.1 cm³/mol. The highest BCUT2D eigenvalue weighted by molar-refractivity contribution is 5.27. The molecule has 1 aliphatic carbocycles. The van der Waals surface area contributed by atoms with Crippen LogP contribution in [-0.2, 0) is 5.41 Å². The maximum Gasteiger partial charge on any atom is -0.00458 e. The standard InChI is InChI=1S/C13H19N/c1-13(2,12-8-10(12)9-14)11-6-4-3-5-7-11/h3-7,10,12H,8-9,14H2,1-2H3/t10-,12+/m0/s1. The van der Waals surface area contributed by atoms with E-state index < -0.39 is 0 Å². The summed E-state index contributed by atoms with van der Waals surface area (Å²) >= 11 is 0. The van der Waals surface area contributed by atoms with Gasteiger partial charge in [0.2, 0.25) is 0 Å². The Bertz CT molecular complexity index is 302. The Labute approximate surface area is 86.3 Å². The quantitative estimate of drug-likeness (QED) is 0.777. The summed E-state index contributed by atoms with van der Waals surface area (Å²) in [5, 5.41) is 0. The molecule has 0 spiro atoms. The van der Waals surface area contributed by atoms with Crippen LogP contribution in [0.2, 0.25) is 0 Å². The van der Waals surface area contributed by atoms with Crippen molar-refractivity contribution < 1.29 is 0 Å². The van der Waals surface area contributed by atoms with E-state index in [9.17, 15) is 0 Å². The zero-order chi connectivity index (χ0) is 10.2. The van der Waals surface area contributed by atoms with Crippen LogP contribution in [0.1, 0.15) is 25.8 Å². The van der Waals surface area contributed by atoms with Crippen molar-refractivity contribution >= 4 is 0 Å². The molecule has 0 unspecified atom stereocenters. The molecule has 1 aromatic carbocycles. The molecule has 76 valence electrons. The Balaban J connectivity index is 2.17. The number of nitrogens with two attached hydrogens (primary N) is 1. The van der Waals surface area contributed by atoms with E-state index >= 15 is 0 Å². The predicted octanol–water partition coefficient (Wildman–Crippen LogP) is 2.56. The summed E-state index contributed by atoms with van der Waals surface area (Å²) < 4.78 is 0. The third-order valence-electron chi connectivity index (χ3n) is 3.67. The molecule has 0 aromatic heterocycles. The highest BCUT2D eigenvalue weighted by atomic mass is 14.6. The third-order valence-corrected chi connectivity index (χ3v) is 3.67. The van der Waals surface area contributed by atoms with Gasteiger partial charge in [-0.2, -0.15) is 0 Å². The summed E-state index contributed by atoms with van der Waals surface area (Å²) in [5.41, 5.74) is 7.44. The summed E-state index contributed by atoms with van der Waals surface area (Å²) in [5.74, 6) is 1.54. The molecule has 0 saturated heterocycles. The molecule has 0 radical (unpaired) electrons. The molecule has 1 nitrogen and oxygen atoms in total. The average Bonchev–Trinajstić information content (AvgIpc) is 2.98. The van der Waals surface area contributed by atoms with Gasteiger partial charge in [-0.1, -0.05) is 44.2 Å². The van der Waals surface area contributed by atoms with Crippen molar-refractivity contribution in [3.8, 4) is 0 Å². The molecule has 0 aliphatic heterocycles. The maximum absolute atomic E-state index is 5.70. The van der Waals surface area contributed by atoms with Gasteiger partial charge in [0.25, 0.3) is 0 Å². The first-order chi connectivity index (χ1) is 6.66. The topological polar surface area (TPSA) is 26.0 Å². The summed E-state index contributed by atoms with van der Waals surface area (Å²) in [6.45, 7) is 5.52. The lowest BCUT2D eigenvalue weighted by Gasteiger charge is -2.25. The van der Waals surface area contributed by atoms with Gasteiger partial charge in [-0.15, -0.1) is 0 Å². The lowest BCUT2D eigenvalue weighted by atomic mass is 9.79. The van der Waals surface area contributed by atoms with Gasteiger partial charge in [-0.25, -0.2) is 0 Å². The molecule has 14 heavy (non-hydrogen) atoms. The molecule has 1 saturated carbocycles. The van der Waals surface area contributed by atoms with Crippen LogP contribution in [0.3, 0.4) is 0 Å². The molecular formula is C13H19N. The van der Waals surface area contributed by atoms with Crippen LogP contribution in [0.15, 0.2) is 30.3 Å². The summed E-state index contributed by atoms with van der Waals surface area (Å²) in [6, 6.07) is 10.8. The number of benzene rings is 1. The van der Waals surface area contributed by atoms with Crippen LogP contribution in [0.5, 0.6) is 0 Å². The first-order valence-electron chi connectivity index (χ1n) is 5.42. The Morgan fingerprint density at radius 2 is 1.93 bits per heavy atom. The minimum atomic E-state index is 0.297. The zero-order valence-electron chi connectivity index (χ0n) is 9.03. The van der Waals surface area contributed by atoms with E-state index in [4.69, 9.17) is 5.73 Å². The number of hydrogen-bond donors (Lipinski definition) is 1. The van der Waals surface area contributed by atoms with Crippen LogP contribution >= 0.6 is 0 Å². The average molecular weight is 189 g/mol. The SMILES string of the molecule is CC(C)(c1ccccc1)[C@@H]1C[C@H]1CN. The molecule has 2 atom stereocenters. The summed E-state index contributed by atoms with van der Waals surface area (Å²) in [6.07, 6.45) is 1.30. The number of rotatable bonds is 3. The third kappa shape index (κ3) is 1.57. The van der Waals surface area contributed by atoms with E-state index in [1.54, 1.807) is 0 Å². The zero-order valence-corrected chi connectivity index (χ0v) is 9.03. The van der Waals surface area contributed by atoms with Gasteiger partial charge >= 0.3 is 0 Å². The van der Waals surface area contributed by atoms with E-state index in [2.05, 4.69) is 44.2 Å². The molecule has 1 heteroatoms. The summed E-state index contributed by atoms with van der Waals surface area (Å²) in [4.78, 5) is 0. The minimum Gasteiger partial charge on any atom is -0.330 e. The van der Waals surface area contributed by atoms with Crippen molar-refractivity contribution in [1.29, 1.82) is 0 Å². The number of hydrogen-bond acceptors (Lipinski definition) is 1. The van der Waals surface area contributed by atoms with Gasteiger partial charge in [0, 0.05) is 0 Å². The van der Waals surface area contributed by atoms with Crippen molar-refractivity contribution in [2.75, 3.05) is 6.54 Å². The Morgan fingerprint density at radius 1 is 1.29 bits per heavy atom. The molecule has 1 fully saturated rings. The second kappa shape index (κ2) is 3.39. The molecule has 0 bridgehead atoms. The fourth-order valence-corrected chi connectivity index (χ4v) is 2.47. The van der Waals surface area contributed by atoms with Crippen molar-refractivity contribution in [2.24, 2.45) is 17.6 Å². The molecular weight excluding hydrogens is 170 g/mol. The van der Waals surface area contributed by atoms with E-state index in [0.717, 1.165) is 18.4 Å². The van der Waals surface area contributed by atoms with Gasteiger partial charge in [-0.05, 0) is 35.8 Å². The smallest absolute Gasteiger partial charge is 0.00458 e. The van der Waals surface area contributed by atoms with Crippen molar-refractivity contribution in [3.05, 3.63) is 35.9 Å². The Morgan fingerprint density at radius 3 is 2.43 bits per heavy atom. The van der Waals surface area contributed by atoms with E-state index in [1.807, 2.05) is 0 Å². The largest absolute Gasteiger partial charge is 0.330 e. The highest BCUT2D eigenvalue weighted by Gasteiger charge is 2.47. The van der Waals surface area contributed by atoms with Crippen LogP contribution < -0.4 is 5.73 Å². The minimum absolute atomic E-state index is 0.297. The first-order valence-corrected chi connectivity index (χ1v) is 5.42. The fourth-order valence-electron chi connectivity index (χ4n) is 2.47. The lowest BCUT2D eigenvalue weighted by molar-refractivity contribution is 0.426. The monoisotopic (exact) mass is 189 g/mol. The Hall–Kier alpha value is -0.820. The normalized spacial score (nSPS) is 26.2. The highest BCUT2D eigenvalue weighted by Crippen LogP contribution is 2.51. The second-order valence-corrected chi connectivity index (χ2v) is 4.93. The first kappa shape index (κ1) is 9.72. The molecule has 1 aromatic rings. The van der Waals surface area contributed by atoms with E-state index in [1.165, 1.54) is 12.0 Å². The van der Waals surface area contributed by atoms with Crippen LogP contribution in [0, 0.1) is 11.8 Å². The molecule has 2 rings (SSSR count). The molecule has 0 heterocycles. The van der Waals surface area contributed by atoms with Gasteiger partial charge in [0.15, 0.2) is 0 Å². The molecule has 2 N–H and O–H groups in total. The van der Waals surface area contributed by atoms with Crippen LogP contribution in [-0.4, -0.2) is 6.54 Å². The van der Waals surface area contributed by atoms with Crippen molar-refractivity contribution in [2.45, 2.75) is 25.7 Å². The van der Waals surface area contributed by atoms with Crippen molar-refractivity contribution in [3.63, 3.8) is 0 Å². The van der Waals surface area contributed by atoms with E-state index in [-0.39, 0.29) is 0 Å². The van der Waals surface area contributed by atoms with Gasteiger partial charge in [-0.3, -0.25) is 0 Å². The van der Waals surface area contributed by atoms with E-state index in [0.29, 0.717) is 5.41 Å². The fraction of sp³-hybridized carbons (Fsp3) is 0.538. The van der Waals surface area contributed by atoms with Gasteiger partial charge in [0.05, 0.1) is 0 Å².